The fourth-order valence-electron chi connectivity index (χ4n) is 3.13. The highest BCUT2D eigenvalue weighted by Gasteiger charge is 2.52. The second kappa shape index (κ2) is 5.05. The average Bonchev–Trinajstić information content (AvgIpc) is 2.93. The quantitative estimate of drug-likeness (QED) is 0.847. The molecule has 2 rings (SSSR count). The van der Waals surface area contributed by atoms with E-state index in [0.29, 0.717) is 12.8 Å². The van der Waals surface area contributed by atoms with Crippen molar-refractivity contribution in [3.63, 3.8) is 0 Å². The minimum Gasteiger partial charge on any atom is -0.297 e. The highest BCUT2D eigenvalue weighted by atomic mass is 16.1. The molecule has 4 nitrogen and oxygen atoms in total. The molecular weight excluding hydrogens is 250 g/mol. The van der Waals surface area contributed by atoms with E-state index in [9.17, 15) is 10.1 Å². The Hall–Kier alpha value is -1.63. The maximum atomic E-state index is 12.6. The van der Waals surface area contributed by atoms with Crippen molar-refractivity contribution < 1.29 is 4.79 Å². The average molecular weight is 273 g/mol. The molecule has 1 fully saturated rings. The molecule has 1 saturated carbocycles. The maximum absolute atomic E-state index is 12.6. The van der Waals surface area contributed by atoms with Gasteiger partial charge < -0.3 is 0 Å². The van der Waals surface area contributed by atoms with Gasteiger partial charge in [-0.1, -0.05) is 20.8 Å². The lowest BCUT2D eigenvalue weighted by atomic mass is 9.78. The van der Waals surface area contributed by atoms with Gasteiger partial charge in [-0.15, -0.1) is 0 Å². The van der Waals surface area contributed by atoms with E-state index in [2.05, 4.69) is 18.1 Å². The Kier molecular flexibility index (Phi) is 3.73. The lowest BCUT2D eigenvalue weighted by Gasteiger charge is -2.22. The molecular formula is C16H23N3O. The number of nitriles is 1. The zero-order valence-electron chi connectivity index (χ0n) is 12.9. The first-order chi connectivity index (χ1) is 9.38. The summed E-state index contributed by atoms with van der Waals surface area (Å²) >= 11 is 0. The molecule has 1 unspecified atom stereocenters. The molecule has 1 aliphatic rings. The number of ketones is 1. The van der Waals surface area contributed by atoms with Crippen LogP contribution >= 0.6 is 0 Å². The molecule has 0 radical (unpaired) electrons. The van der Waals surface area contributed by atoms with E-state index in [1.165, 1.54) is 0 Å². The third-order valence-corrected chi connectivity index (χ3v) is 4.50. The van der Waals surface area contributed by atoms with Gasteiger partial charge in [-0.2, -0.15) is 10.4 Å². The number of carbonyl (C=O) groups excluding carboxylic acids is 1. The van der Waals surface area contributed by atoms with Gasteiger partial charge in [0.05, 0.1) is 11.8 Å². The van der Waals surface area contributed by atoms with Crippen LogP contribution in [0.1, 0.15) is 51.9 Å². The molecule has 0 saturated heterocycles. The van der Waals surface area contributed by atoms with E-state index < -0.39 is 5.41 Å². The molecule has 0 N–H and O–H groups in total. The lowest BCUT2D eigenvalue weighted by molar-refractivity contribution is -0.130. The Bertz CT molecular complexity index is 565. The first-order valence-electron chi connectivity index (χ1n) is 7.40. The molecule has 1 aliphatic carbocycles. The zero-order valence-corrected chi connectivity index (χ0v) is 12.9. The number of rotatable bonds is 4. The highest BCUT2D eigenvalue weighted by molar-refractivity contribution is 5.94. The minimum atomic E-state index is -0.860. The summed E-state index contributed by atoms with van der Waals surface area (Å²) < 4.78 is 1.93. The van der Waals surface area contributed by atoms with Crippen LogP contribution in [0.25, 0.3) is 0 Å². The zero-order chi connectivity index (χ0) is 15.0. The van der Waals surface area contributed by atoms with Gasteiger partial charge in [0.15, 0.2) is 5.78 Å². The lowest BCUT2D eigenvalue weighted by Crippen LogP contribution is -2.33. The number of aryl methyl sites for hydroxylation is 2. The molecule has 20 heavy (non-hydrogen) atoms. The second-order valence-electron chi connectivity index (χ2n) is 6.38. The molecule has 0 aliphatic heterocycles. The van der Waals surface area contributed by atoms with Crippen LogP contribution in [-0.2, 0) is 24.2 Å². The predicted octanol–water partition coefficient (Wildman–Crippen LogP) is 2.91. The normalized spacial score (nSPS) is 24.9. The van der Waals surface area contributed by atoms with Gasteiger partial charge in [-0.3, -0.25) is 9.48 Å². The Balaban J connectivity index is 2.35. The monoisotopic (exact) mass is 273 g/mol. The standard InChI is InChI=1S/C16H23N3O/c1-5-12-9-13(19(6-2)18-12)10-16(11-17)8-7-15(3,4)14(16)20/h9H,5-8,10H2,1-4H3. The molecule has 0 spiro atoms. The SMILES string of the molecule is CCc1cc(CC2(C#N)CCC(C)(C)C2=O)n(CC)n1. The molecule has 0 amide bonds. The molecule has 108 valence electrons. The second-order valence-corrected chi connectivity index (χ2v) is 6.38. The summed E-state index contributed by atoms with van der Waals surface area (Å²) in [5.41, 5.74) is 0.804. The first-order valence-corrected chi connectivity index (χ1v) is 7.40. The fraction of sp³-hybridized carbons (Fsp3) is 0.688. The van der Waals surface area contributed by atoms with Crippen molar-refractivity contribution in [2.45, 2.75) is 59.9 Å². The minimum absolute atomic E-state index is 0.0920. The van der Waals surface area contributed by atoms with Gasteiger partial charge in [0, 0.05) is 24.1 Å². The Morgan fingerprint density at radius 1 is 1.40 bits per heavy atom. The maximum Gasteiger partial charge on any atom is 0.159 e. The molecule has 1 atom stereocenters. The van der Waals surface area contributed by atoms with Gasteiger partial charge in [0.25, 0.3) is 0 Å². The smallest absolute Gasteiger partial charge is 0.159 e. The molecule has 1 aromatic heterocycles. The van der Waals surface area contributed by atoms with E-state index in [4.69, 9.17) is 0 Å². The van der Waals surface area contributed by atoms with Crippen LogP contribution in [0.4, 0.5) is 0 Å². The van der Waals surface area contributed by atoms with Crippen molar-refractivity contribution in [3.8, 4) is 6.07 Å². The van der Waals surface area contributed by atoms with Gasteiger partial charge >= 0.3 is 0 Å². The largest absolute Gasteiger partial charge is 0.297 e. The van der Waals surface area contributed by atoms with Crippen molar-refractivity contribution in [2.75, 3.05) is 0 Å². The summed E-state index contributed by atoms with van der Waals surface area (Å²) in [6, 6.07) is 4.36. The van der Waals surface area contributed by atoms with Crippen LogP contribution in [0, 0.1) is 22.2 Å². The summed E-state index contributed by atoms with van der Waals surface area (Å²) in [5.74, 6) is 0.0920. The van der Waals surface area contributed by atoms with Crippen LogP contribution in [0.3, 0.4) is 0 Å². The van der Waals surface area contributed by atoms with E-state index in [1.54, 1.807) is 0 Å². The highest BCUT2D eigenvalue weighted by Crippen LogP contribution is 2.47. The van der Waals surface area contributed by atoms with Crippen molar-refractivity contribution in [1.29, 1.82) is 5.26 Å². The molecule has 0 bridgehead atoms. The first kappa shape index (κ1) is 14.8. The summed E-state index contributed by atoms with van der Waals surface area (Å²) in [4.78, 5) is 12.6. The summed E-state index contributed by atoms with van der Waals surface area (Å²) in [6.07, 6.45) is 2.82. The van der Waals surface area contributed by atoms with Crippen LogP contribution in [0.15, 0.2) is 6.07 Å². The molecule has 1 aromatic rings. The van der Waals surface area contributed by atoms with E-state index in [-0.39, 0.29) is 11.2 Å². The van der Waals surface area contributed by atoms with Crippen LogP contribution in [0.5, 0.6) is 0 Å². The predicted molar refractivity (Wildman–Crippen MR) is 77.1 cm³/mol. The Labute approximate surface area is 120 Å². The van der Waals surface area contributed by atoms with Crippen LogP contribution in [0.2, 0.25) is 0 Å². The van der Waals surface area contributed by atoms with Gasteiger partial charge in [0.2, 0.25) is 0 Å². The van der Waals surface area contributed by atoms with Crippen LogP contribution < -0.4 is 0 Å². The summed E-state index contributed by atoms with van der Waals surface area (Å²) in [5, 5.41) is 14.1. The Morgan fingerprint density at radius 2 is 2.10 bits per heavy atom. The van der Waals surface area contributed by atoms with Gasteiger partial charge in [-0.05, 0) is 32.3 Å². The van der Waals surface area contributed by atoms with Crippen molar-refractivity contribution in [2.24, 2.45) is 10.8 Å². The number of nitrogens with zero attached hydrogens (tertiary/aromatic N) is 3. The van der Waals surface area contributed by atoms with Gasteiger partial charge in [0.1, 0.15) is 5.41 Å². The van der Waals surface area contributed by atoms with Crippen LogP contribution in [-0.4, -0.2) is 15.6 Å². The molecule has 0 aromatic carbocycles. The number of aromatic nitrogens is 2. The molecule has 4 heteroatoms. The van der Waals surface area contributed by atoms with E-state index >= 15 is 0 Å². The van der Waals surface area contributed by atoms with E-state index in [0.717, 1.165) is 30.8 Å². The number of hydrogen-bond acceptors (Lipinski definition) is 3. The summed E-state index contributed by atoms with van der Waals surface area (Å²) in [7, 11) is 0. The van der Waals surface area contributed by atoms with Crippen molar-refractivity contribution in [3.05, 3.63) is 17.5 Å². The third-order valence-electron chi connectivity index (χ3n) is 4.50. The number of carbonyl (C=O) groups is 1. The Morgan fingerprint density at radius 3 is 2.55 bits per heavy atom. The molecule has 1 heterocycles. The summed E-state index contributed by atoms with van der Waals surface area (Å²) in [6.45, 7) is 8.77. The van der Waals surface area contributed by atoms with Crippen molar-refractivity contribution >= 4 is 5.78 Å². The third kappa shape index (κ3) is 2.26. The van der Waals surface area contributed by atoms with E-state index in [1.807, 2.05) is 31.5 Å². The number of hydrogen-bond donors (Lipinski definition) is 0. The fourth-order valence-corrected chi connectivity index (χ4v) is 3.13. The van der Waals surface area contributed by atoms with Gasteiger partial charge in [-0.25, -0.2) is 0 Å². The topological polar surface area (TPSA) is 58.7 Å². The van der Waals surface area contributed by atoms with Crippen molar-refractivity contribution in [1.82, 2.24) is 9.78 Å². The number of Topliss-reactive ketones (excluding diaryl/α,β-unsaturated/α-hetero) is 1.